The van der Waals surface area contributed by atoms with Gasteiger partial charge in [0, 0.05) is 0 Å². The minimum absolute atomic E-state index is 0.00859. The van der Waals surface area contributed by atoms with Gasteiger partial charge in [0.1, 0.15) is 5.15 Å². The molecular weight excluding hydrogens is 250 g/mol. The van der Waals surface area contributed by atoms with Crippen molar-refractivity contribution in [1.82, 2.24) is 10.3 Å². The van der Waals surface area contributed by atoms with Gasteiger partial charge in [0.15, 0.2) is 0 Å². The second kappa shape index (κ2) is 5.24. The molecule has 2 N–H and O–H groups in total. The number of pyridine rings is 1. The Bertz CT molecular complexity index is 456. The van der Waals surface area contributed by atoms with E-state index in [0.717, 1.165) is 31.4 Å². The van der Waals surface area contributed by atoms with Crippen LogP contribution in [-0.4, -0.2) is 23.0 Å². The molecule has 1 amide bonds. The van der Waals surface area contributed by atoms with Crippen molar-refractivity contribution in [2.45, 2.75) is 38.6 Å². The lowest BCUT2D eigenvalue weighted by atomic mass is 9.90. The number of anilines is 1. The minimum atomic E-state index is -0.480. The highest BCUT2D eigenvalue weighted by atomic mass is 35.5. The van der Waals surface area contributed by atoms with Gasteiger partial charge >= 0.3 is 0 Å². The molecule has 5 heteroatoms. The first-order valence-electron chi connectivity index (χ1n) is 6.20. The molecule has 4 nitrogen and oxygen atoms in total. The number of aromatic nitrogens is 1. The van der Waals surface area contributed by atoms with Crippen LogP contribution in [-0.2, 0) is 4.79 Å². The van der Waals surface area contributed by atoms with Crippen LogP contribution in [0.3, 0.4) is 0 Å². The molecule has 2 heterocycles. The topological polar surface area (TPSA) is 54.0 Å². The van der Waals surface area contributed by atoms with Crippen LogP contribution in [0.5, 0.6) is 0 Å². The molecule has 0 spiro atoms. The average molecular weight is 268 g/mol. The van der Waals surface area contributed by atoms with Crippen molar-refractivity contribution in [3.63, 3.8) is 0 Å². The van der Waals surface area contributed by atoms with E-state index in [0.29, 0.717) is 10.8 Å². The Labute approximate surface area is 112 Å². The van der Waals surface area contributed by atoms with Gasteiger partial charge in [-0.25, -0.2) is 4.98 Å². The summed E-state index contributed by atoms with van der Waals surface area (Å²) in [6.07, 6.45) is 4.65. The number of rotatable bonds is 2. The zero-order chi connectivity index (χ0) is 13.2. The van der Waals surface area contributed by atoms with Crippen molar-refractivity contribution in [1.29, 1.82) is 0 Å². The number of nitrogens with zero attached hydrogens (tertiary/aromatic N) is 1. The first-order chi connectivity index (χ1) is 8.51. The number of hydrogen-bond donors (Lipinski definition) is 2. The number of piperidine rings is 1. The number of carbonyl (C=O) groups is 1. The lowest BCUT2D eigenvalue weighted by Gasteiger charge is -2.33. The van der Waals surface area contributed by atoms with Crippen LogP contribution >= 0.6 is 11.6 Å². The lowest BCUT2D eigenvalue weighted by Crippen LogP contribution is -2.54. The molecule has 1 aliphatic heterocycles. The maximum atomic E-state index is 12.3. The van der Waals surface area contributed by atoms with E-state index in [2.05, 4.69) is 15.6 Å². The molecule has 0 bridgehead atoms. The lowest BCUT2D eigenvalue weighted by molar-refractivity contribution is -0.122. The highest BCUT2D eigenvalue weighted by Crippen LogP contribution is 2.22. The molecule has 1 aromatic rings. The van der Waals surface area contributed by atoms with Gasteiger partial charge in [-0.1, -0.05) is 11.6 Å². The Morgan fingerprint density at radius 3 is 2.94 bits per heavy atom. The Hall–Kier alpha value is -1.13. The van der Waals surface area contributed by atoms with Crippen LogP contribution in [0.1, 0.15) is 31.7 Å². The SMILES string of the molecule is Cc1cc(NC(=O)C2(C)CCCCN2)cnc1Cl. The molecular formula is C13H18ClN3O. The van der Waals surface area contributed by atoms with Crippen LogP contribution in [0.25, 0.3) is 0 Å². The molecule has 0 radical (unpaired) electrons. The smallest absolute Gasteiger partial charge is 0.244 e. The van der Waals surface area contributed by atoms with Crippen LogP contribution in [0, 0.1) is 6.92 Å². The van der Waals surface area contributed by atoms with Gasteiger partial charge in [-0.05, 0) is 51.3 Å². The second-order valence-corrected chi connectivity index (χ2v) is 5.36. The van der Waals surface area contributed by atoms with Crippen molar-refractivity contribution in [2.24, 2.45) is 0 Å². The van der Waals surface area contributed by atoms with Crippen LogP contribution in [0.15, 0.2) is 12.3 Å². The molecule has 1 atom stereocenters. The summed E-state index contributed by atoms with van der Waals surface area (Å²) in [6, 6.07) is 1.83. The quantitative estimate of drug-likeness (QED) is 0.810. The van der Waals surface area contributed by atoms with E-state index < -0.39 is 5.54 Å². The van der Waals surface area contributed by atoms with Gasteiger partial charge < -0.3 is 10.6 Å². The molecule has 98 valence electrons. The highest BCUT2D eigenvalue weighted by molar-refractivity contribution is 6.30. The van der Waals surface area contributed by atoms with Crippen molar-refractivity contribution in [3.8, 4) is 0 Å². The van der Waals surface area contributed by atoms with Crippen LogP contribution < -0.4 is 10.6 Å². The number of nitrogens with one attached hydrogen (secondary N) is 2. The van der Waals surface area contributed by atoms with Crippen molar-refractivity contribution in [2.75, 3.05) is 11.9 Å². The summed E-state index contributed by atoms with van der Waals surface area (Å²) >= 11 is 5.86. The molecule has 18 heavy (non-hydrogen) atoms. The third kappa shape index (κ3) is 2.82. The maximum Gasteiger partial charge on any atom is 0.244 e. The van der Waals surface area contributed by atoms with E-state index in [9.17, 15) is 4.79 Å². The summed E-state index contributed by atoms with van der Waals surface area (Å²) in [7, 11) is 0. The van der Waals surface area contributed by atoms with Gasteiger partial charge in [0.05, 0.1) is 17.4 Å². The predicted molar refractivity (Wildman–Crippen MR) is 72.9 cm³/mol. The third-order valence-electron chi connectivity index (χ3n) is 3.39. The highest BCUT2D eigenvalue weighted by Gasteiger charge is 2.34. The van der Waals surface area contributed by atoms with Crippen LogP contribution in [0.4, 0.5) is 5.69 Å². The summed E-state index contributed by atoms with van der Waals surface area (Å²) in [5, 5.41) is 6.65. The standard InChI is InChI=1S/C13H18ClN3O/c1-9-7-10(8-15-11(9)14)17-12(18)13(2)5-3-4-6-16-13/h7-8,16H,3-6H2,1-2H3,(H,17,18). The first kappa shape index (κ1) is 13.3. The fourth-order valence-corrected chi connectivity index (χ4v) is 2.25. The largest absolute Gasteiger partial charge is 0.323 e. The maximum absolute atomic E-state index is 12.3. The van der Waals surface area contributed by atoms with Crippen molar-refractivity contribution in [3.05, 3.63) is 23.0 Å². The van der Waals surface area contributed by atoms with Crippen molar-refractivity contribution >= 4 is 23.2 Å². The summed E-state index contributed by atoms with van der Waals surface area (Å²) in [4.78, 5) is 16.3. The van der Waals surface area contributed by atoms with Crippen LogP contribution in [0.2, 0.25) is 5.15 Å². The molecule has 0 aliphatic carbocycles. The second-order valence-electron chi connectivity index (χ2n) is 5.00. The fraction of sp³-hybridized carbons (Fsp3) is 0.538. The van der Waals surface area contributed by atoms with Gasteiger partial charge in [0.25, 0.3) is 0 Å². The van der Waals surface area contributed by atoms with E-state index in [-0.39, 0.29) is 5.91 Å². The summed E-state index contributed by atoms with van der Waals surface area (Å²) in [5.41, 5.74) is 1.07. The number of carbonyl (C=O) groups excluding carboxylic acids is 1. The summed E-state index contributed by atoms with van der Waals surface area (Å²) < 4.78 is 0. The monoisotopic (exact) mass is 267 g/mol. The Morgan fingerprint density at radius 2 is 2.33 bits per heavy atom. The number of aryl methyl sites for hydroxylation is 1. The zero-order valence-electron chi connectivity index (χ0n) is 10.7. The van der Waals surface area contributed by atoms with E-state index in [1.165, 1.54) is 0 Å². The third-order valence-corrected chi connectivity index (χ3v) is 3.79. The fourth-order valence-electron chi connectivity index (χ4n) is 2.15. The normalized spacial score (nSPS) is 23.7. The van der Waals surface area contributed by atoms with Crippen molar-refractivity contribution < 1.29 is 4.79 Å². The van der Waals surface area contributed by atoms with Gasteiger partial charge in [-0.3, -0.25) is 4.79 Å². The molecule has 1 aliphatic rings. The van der Waals surface area contributed by atoms with Gasteiger partial charge in [0.2, 0.25) is 5.91 Å². The predicted octanol–water partition coefficient (Wildman–Crippen LogP) is 2.51. The van der Waals surface area contributed by atoms with E-state index in [1.807, 2.05) is 19.9 Å². The molecule has 0 saturated carbocycles. The molecule has 2 rings (SSSR count). The Kier molecular flexibility index (Phi) is 3.88. The molecule has 1 saturated heterocycles. The number of hydrogen-bond acceptors (Lipinski definition) is 3. The molecule has 1 unspecified atom stereocenters. The molecule has 0 aromatic carbocycles. The molecule has 1 aromatic heterocycles. The van der Waals surface area contributed by atoms with Gasteiger partial charge in [-0.2, -0.15) is 0 Å². The van der Waals surface area contributed by atoms with E-state index in [1.54, 1.807) is 6.20 Å². The first-order valence-corrected chi connectivity index (χ1v) is 6.58. The summed E-state index contributed by atoms with van der Waals surface area (Å²) in [5.74, 6) is -0.00859. The van der Waals surface area contributed by atoms with E-state index in [4.69, 9.17) is 11.6 Å². The number of halogens is 1. The summed E-state index contributed by atoms with van der Waals surface area (Å²) in [6.45, 7) is 4.70. The Morgan fingerprint density at radius 1 is 1.56 bits per heavy atom. The minimum Gasteiger partial charge on any atom is -0.323 e. The zero-order valence-corrected chi connectivity index (χ0v) is 11.5. The average Bonchev–Trinajstić information content (AvgIpc) is 2.35. The van der Waals surface area contributed by atoms with E-state index >= 15 is 0 Å². The number of amides is 1. The molecule has 1 fully saturated rings. The van der Waals surface area contributed by atoms with Gasteiger partial charge in [-0.15, -0.1) is 0 Å². The Balaban J connectivity index is 2.08.